The van der Waals surface area contributed by atoms with Crippen LogP contribution in [0.4, 0.5) is 18.9 Å². The molecule has 0 bridgehead atoms. The van der Waals surface area contributed by atoms with Crippen molar-refractivity contribution in [1.82, 2.24) is 9.55 Å². The minimum absolute atomic E-state index is 0.0533. The van der Waals surface area contributed by atoms with Gasteiger partial charge in [-0.15, -0.1) is 0 Å². The summed E-state index contributed by atoms with van der Waals surface area (Å²) < 4.78 is 42.9. The number of Topliss-reactive ketones (excluding diaryl/α,β-unsaturated/α-hetero) is 1. The fourth-order valence-electron chi connectivity index (χ4n) is 4.76. The molecule has 2 aromatic carbocycles. The Balaban J connectivity index is 1.54. The number of nitrogens with one attached hydrogen (secondary N) is 1. The molecule has 7 heteroatoms. The summed E-state index contributed by atoms with van der Waals surface area (Å²) in [5.41, 5.74) is 6.17. The third-order valence-corrected chi connectivity index (χ3v) is 6.85. The van der Waals surface area contributed by atoms with E-state index in [-0.39, 0.29) is 5.78 Å². The number of alkyl halides is 3. The summed E-state index contributed by atoms with van der Waals surface area (Å²) in [5.74, 6) is -0.0533. The van der Waals surface area contributed by atoms with Gasteiger partial charge >= 0.3 is 6.18 Å². The molecule has 4 nitrogen and oxygen atoms in total. The summed E-state index contributed by atoms with van der Waals surface area (Å²) in [5, 5.41) is 3.24. The average Bonchev–Trinajstić information content (AvgIpc) is 3.36. The van der Waals surface area contributed by atoms with Crippen LogP contribution in [-0.2, 0) is 25.4 Å². The minimum atomic E-state index is -4.48. The fourth-order valence-corrected chi connectivity index (χ4v) is 4.76. The first-order valence-electron chi connectivity index (χ1n) is 13.4. The van der Waals surface area contributed by atoms with Crippen LogP contribution in [0.2, 0.25) is 0 Å². The summed E-state index contributed by atoms with van der Waals surface area (Å²) in [4.78, 5) is 15.8. The second kappa shape index (κ2) is 12.4. The molecule has 0 saturated carbocycles. The van der Waals surface area contributed by atoms with Crippen LogP contribution in [0, 0.1) is 6.92 Å². The highest BCUT2D eigenvalue weighted by molar-refractivity contribution is 5.92. The molecule has 0 fully saturated rings. The third-order valence-electron chi connectivity index (χ3n) is 6.85. The number of hydrogen-bond donors (Lipinski definition) is 1. The molecule has 0 aliphatic heterocycles. The SMILES string of the molecule is C=C(Nc1ccc(CCC)c(CCCc2ccnc(C(C)=O)c2)c1)c1cc(-n2ccc(C)c2)cc(C(F)(F)F)c1. The van der Waals surface area contributed by atoms with Gasteiger partial charge in [0.1, 0.15) is 5.69 Å². The first-order chi connectivity index (χ1) is 19.0. The standard InChI is InChI=1S/C33H34F3N3O/c1-5-7-26-10-11-30(18-27(26)9-6-8-25-12-14-37-32(16-25)24(4)40)38-23(3)28-17-29(33(34,35)36)20-31(19-28)39-15-13-22(2)21-39/h10-21,38H,3,5-9H2,1-2,4H3. The number of anilines is 1. The Labute approximate surface area is 233 Å². The van der Waals surface area contributed by atoms with Gasteiger partial charge in [-0.3, -0.25) is 9.78 Å². The van der Waals surface area contributed by atoms with Gasteiger partial charge in [0.05, 0.1) is 5.56 Å². The molecule has 2 heterocycles. The molecule has 40 heavy (non-hydrogen) atoms. The van der Waals surface area contributed by atoms with E-state index in [9.17, 15) is 18.0 Å². The first-order valence-corrected chi connectivity index (χ1v) is 13.4. The Morgan fingerprint density at radius 1 is 1.00 bits per heavy atom. The van der Waals surface area contributed by atoms with Crippen molar-refractivity contribution in [3.8, 4) is 5.69 Å². The number of nitrogens with zero attached hydrogens (tertiary/aromatic N) is 2. The third kappa shape index (κ3) is 7.29. The number of halogens is 3. The van der Waals surface area contributed by atoms with E-state index < -0.39 is 11.7 Å². The molecule has 0 spiro atoms. The maximum Gasteiger partial charge on any atom is 0.416 e. The lowest BCUT2D eigenvalue weighted by Gasteiger charge is -2.17. The van der Waals surface area contributed by atoms with Crippen LogP contribution in [-0.4, -0.2) is 15.3 Å². The number of aryl methyl sites for hydroxylation is 4. The van der Waals surface area contributed by atoms with Crippen molar-refractivity contribution in [3.05, 3.63) is 119 Å². The van der Waals surface area contributed by atoms with Gasteiger partial charge < -0.3 is 9.88 Å². The van der Waals surface area contributed by atoms with Crippen molar-refractivity contribution in [2.45, 2.75) is 59.1 Å². The zero-order valence-electron chi connectivity index (χ0n) is 23.1. The predicted octanol–water partition coefficient (Wildman–Crippen LogP) is 8.61. The van der Waals surface area contributed by atoms with E-state index in [0.717, 1.165) is 61.1 Å². The second-order valence-corrected chi connectivity index (χ2v) is 10.2. The molecule has 4 aromatic rings. The lowest BCUT2D eigenvalue weighted by Crippen LogP contribution is -2.08. The van der Waals surface area contributed by atoms with Gasteiger partial charge in [-0.1, -0.05) is 26.0 Å². The molecular formula is C33H34F3N3O. The Hall–Kier alpha value is -4.13. The van der Waals surface area contributed by atoms with Crippen LogP contribution < -0.4 is 5.32 Å². The van der Waals surface area contributed by atoms with Gasteiger partial charge in [-0.05, 0) is 109 Å². The molecule has 208 valence electrons. The Morgan fingerprint density at radius 3 is 2.48 bits per heavy atom. The molecule has 0 aliphatic rings. The summed E-state index contributed by atoms with van der Waals surface area (Å²) in [6, 6.07) is 15.7. The number of ketones is 1. The Morgan fingerprint density at radius 2 is 1.80 bits per heavy atom. The summed E-state index contributed by atoms with van der Waals surface area (Å²) in [6.07, 6.45) is 5.19. The quantitative estimate of drug-likeness (QED) is 0.192. The van der Waals surface area contributed by atoms with Crippen LogP contribution in [0.25, 0.3) is 11.4 Å². The number of pyridine rings is 1. The number of carbonyl (C=O) groups is 1. The molecular weight excluding hydrogens is 511 g/mol. The normalized spacial score (nSPS) is 11.4. The van der Waals surface area contributed by atoms with Crippen LogP contribution in [0.5, 0.6) is 0 Å². The molecule has 0 aliphatic carbocycles. The topological polar surface area (TPSA) is 46.9 Å². The van der Waals surface area contributed by atoms with Crippen molar-refractivity contribution in [1.29, 1.82) is 0 Å². The maximum atomic E-state index is 13.8. The molecule has 0 saturated heterocycles. The van der Waals surface area contributed by atoms with E-state index in [2.05, 4.69) is 35.9 Å². The van der Waals surface area contributed by atoms with Crippen LogP contribution in [0.3, 0.4) is 0 Å². The Bertz CT molecular complexity index is 1520. The largest absolute Gasteiger partial charge is 0.416 e. The summed E-state index contributed by atoms with van der Waals surface area (Å²) in [7, 11) is 0. The highest BCUT2D eigenvalue weighted by Crippen LogP contribution is 2.33. The van der Waals surface area contributed by atoms with Gasteiger partial charge in [0, 0.05) is 42.6 Å². The molecule has 1 N–H and O–H groups in total. The highest BCUT2D eigenvalue weighted by atomic mass is 19.4. The van der Waals surface area contributed by atoms with Crippen molar-refractivity contribution < 1.29 is 18.0 Å². The fraction of sp³-hybridized carbons (Fsp3) is 0.273. The predicted molar refractivity (Wildman–Crippen MR) is 155 cm³/mol. The van der Waals surface area contributed by atoms with E-state index in [4.69, 9.17) is 0 Å². The monoisotopic (exact) mass is 545 g/mol. The zero-order valence-corrected chi connectivity index (χ0v) is 23.1. The number of hydrogen-bond acceptors (Lipinski definition) is 3. The first kappa shape index (κ1) is 28.9. The van der Waals surface area contributed by atoms with Crippen molar-refractivity contribution >= 4 is 17.2 Å². The zero-order chi connectivity index (χ0) is 28.9. The molecule has 0 radical (unpaired) electrons. The van der Waals surface area contributed by atoms with E-state index >= 15 is 0 Å². The second-order valence-electron chi connectivity index (χ2n) is 10.2. The average molecular weight is 546 g/mol. The lowest BCUT2D eigenvalue weighted by atomic mass is 9.96. The van der Waals surface area contributed by atoms with Gasteiger partial charge in [0.25, 0.3) is 0 Å². The Kier molecular flexibility index (Phi) is 8.93. The van der Waals surface area contributed by atoms with Crippen LogP contribution in [0.1, 0.15) is 70.6 Å². The minimum Gasteiger partial charge on any atom is -0.356 e. The number of carbonyl (C=O) groups excluding carboxylic acids is 1. The molecule has 0 amide bonds. The van der Waals surface area contributed by atoms with E-state index in [1.807, 2.05) is 31.2 Å². The van der Waals surface area contributed by atoms with Crippen molar-refractivity contribution in [3.63, 3.8) is 0 Å². The van der Waals surface area contributed by atoms with Crippen LogP contribution in [0.15, 0.2) is 79.8 Å². The highest BCUT2D eigenvalue weighted by Gasteiger charge is 2.31. The number of aromatic nitrogens is 2. The van der Waals surface area contributed by atoms with Gasteiger partial charge in [-0.25, -0.2) is 0 Å². The van der Waals surface area contributed by atoms with Gasteiger partial charge in [0.2, 0.25) is 0 Å². The van der Waals surface area contributed by atoms with Crippen molar-refractivity contribution in [2.24, 2.45) is 0 Å². The van der Waals surface area contributed by atoms with E-state index in [0.29, 0.717) is 22.6 Å². The van der Waals surface area contributed by atoms with E-state index in [1.165, 1.54) is 18.1 Å². The molecule has 0 unspecified atom stereocenters. The molecule has 0 atom stereocenters. The molecule has 4 rings (SSSR count). The number of rotatable bonds is 11. The summed E-state index contributed by atoms with van der Waals surface area (Å²) in [6.45, 7) is 9.61. The smallest absolute Gasteiger partial charge is 0.356 e. The van der Waals surface area contributed by atoms with Crippen molar-refractivity contribution in [2.75, 3.05) is 5.32 Å². The molecule has 2 aromatic heterocycles. The van der Waals surface area contributed by atoms with E-state index in [1.54, 1.807) is 29.2 Å². The lowest BCUT2D eigenvalue weighted by molar-refractivity contribution is -0.137. The summed E-state index contributed by atoms with van der Waals surface area (Å²) >= 11 is 0. The number of benzene rings is 2. The van der Waals surface area contributed by atoms with Gasteiger partial charge in [-0.2, -0.15) is 13.2 Å². The van der Waals surface area contributed by atoms with Gasteiger partial charge in [0.15, 0.2) is 5.78 Å². The maximum absolute atomic E-state index is 13.8. The van der Waals surface area contributed by atoms with Crippen LogP contribution >= 0.6 is 0 Å².